The zero-order valence-electron chi connectivity index (χ0n) is 5.87. The number of ketones is 1. The first kappa shape index (κ1) is 11.7. The van der Waals surface area contributed by atoms with E-state index in [9.17, 15) is 19.1 Å². The first-order valence-electron chi connectivity index (χ1n) is 2.85. The van der Waals surface area contributed by atoms with Gasteiger partial charge in [0.15, 0.2) is 5.78 Å². The highest BCUT2D eigenvalue weighted by atomic mass is 31.2. The number of rotatable bonds is 5. The minimum Gasteiger partial charge on any atom is -0.790 e. The van der Waals surface area contributed by atoms with Crippen LogP contribution in [0.25, 0.3) is 0 Å². The van der Waals surface area contributed by atoms with Crippen molar-refractivity contribution < 1.29 is 33.9 Å². The molecule has 0 spiro atoms. The maximum atomic E-state index is 10.5. The molecule has 12 heavy (non-hydrogen) atoms. The molecule has 0 rings (SSSR count). The van der Waals surface area contributed by atoms with E-state index in [1.54, 1.807) is 0 Å². The third-order valence-corrected chi connectivity index (χ3v) is 1.35. The molecule has 0 aromatic carbocycles. The molecule has 0 heterocycles. The molecule has 0 aromatic rings. The van der Waals surface area contributed by atoms with Gasteiger partial charge in [-0.05, 0) is 0 Å². The summed E-state index contributed by atoms with van der Waals surface area (Å²) in [4.78, 5) is 30.1. The minimum absolute atomic E-state index is 0.843. The molecule has 0 saturated heterocycles. The molecule has 0 unspecified atom stereocenters. The highest BCUT2D eigenvalue weighted by molar-refractivity contribution is 7.43. The van der Waals surface area contributed by atoms with Gasteiger partial charge in [-0.3, -0.25) is 4.79 Å². The molecule has 1 atom stereocenters. The Morgan fingerprint density at radius 2 is 2.08 bits per heavy atom. The van der Waals surface area contributed by atoms with E-state index < -0.39 is 32.9 Å². The molecule has 0 bridgehead atoms. The molecule has 0 saturated carbocycles. The topological polar surface area (TPSA) is 130 Å². The molecule has 0 aliphatic carbocycles. The fourth-order valence-corrected chi connectivity index (χ4v) is 0.626. The van der Waals surface area contributed by atoms with E-state index in [1.807, 2.05) is 0 Å². The van der Waals surface area contributed by atoms with Gasteiger partial charge in [-0.2, -0.15) is 0 Å². The van der Waals surface area contributed by atoms with Crippen molar-refractivity contribution in [2.45, 2.75) is 6.10 Å². The second-order valence-electron chi connectivity index (χ2n) is 1.89. The molecule has 0 aromatic heterocycles. The third-order valence-electron chi connectivity index (χ3n) is 0.910. The molecule has 2 N–H and O–H groups in total. The van der Waals surface area contributed by atoms with Crippen molar-refractivity contribution in [3.8, 4) is 0 Å². The van der Waals surface area contributed by atoms with Crippen molar-refractivity contribution in [1.82, 2.24) is 0 Å². The summed E-state index contributed by atoms with van der Waals surface area (Å²) in [5.41, 5.74) is 0. The van der Waals surface area contributed by atoms with Gasteiger partial charge in [-0.1, -0.05) is 0 Å². The average molecular weight is 198 g/mol. The van der Waals surface area contributed by atoms with E-state index in [1.165, 1.54) is 0 Å². The Kier molecular flexibility index (Phi) is 4.54. The lowest BCUT2D eigenvalue weighted by Crippen LogP contribution is -2.29. The van der Waals surface area contributed by atoms with Gasteiger partial charge in [0.2, 0.25) is 0 Å². The van der Waals surface area contributed by atoms with Crippen LogP contribution in [-0.2, 0) is 13.9 Å². The van der Waals surface area contributed by atoms with Crippen LogP contribution in [-0.4, -0.2) is 35.3 Å². The van der Waals surface area contributed by atoms with Crippen LogP contribution in [0.4, 0.5) is 0 Å². The number of hydrogen-bond acceptors (Lipinski definition) is 7. The Morgan fingerprint density at radius 3 is 2.42 bits per heavy atom. The maximum Gasteiger partial charge on any atom is 0.189 e. The Morgan fingerprint density at radius 1 is 1.58 bits per heavy atom. The maximum absolute atomic E-state index is 10.5. The van der Waals surface area contributed by atoms with Crippen molar-refractivity contribution in [2.75, 3.05) is 13.2 Å². The zero-order chi connectivity index (χ0) is 9.78. The van der Waals surface area contributed by atoms with Gasteiger partial charge in [-0.25, -0.2) is 0 Å². The second-order valence-corrected chi connectivity index (χ2v) is 3.04. The van der Waals surface area contributed by atoms with Crippen molar-refractivity contribution in [3.63, 3.8) is 0 Å². The number of phosphoric acid groups is 1. The Labute approximate surface area is 67.8 Å². The van der Waals surface area contributed by atoms with Crippen LogP contribution in [0.5, 0.6) is 0 Å². The number of Topliss-reactive ketones (excluding diaryl/α,β-unsaturated/α-hetero) is 1. The molecular formula is C4H7O7P-2. The summed E-state index contributed by atoms with van der Waals surface area (Å²) in [6, 6.07) is 0. The predicted octanol–water partition coefficient (Wildman–Crippen LogP) is -3.25. The summed E-state index contributed by atoms with van der Waals surface area (Å²) in [5, 5.41) is 16.7. The lowest BCUT2D eigenvalue weighted by atomic mass is 10.3. The molecule has 0 fully saturated rings. The summed E-state index contributed by atoms with van der Waals surface area (Å²) in [5.74, 6) is -1.07. The number of carbonyl (C=O) groups excluding carboxylic acids is 1. The van der Waals surface area contributed by atoms with Crippen LogP contribution in [0.2, 0.25) is 0 Å². The van der Waals surface area contributed by atoms with Crippen LogP contribution >= 0.6 is 7.82 Å². The van der Waals surface area contributed by atoms with E-state index in [2.05, 4.69) is 4.52 Å². The van der Waals surface area contributed by atoms with Gasteiger partial charge in [0.1, 0.15) is 12.7 Å². The largest absolute Gasteiger partial charge is 0.790 e. The van der Waals surface area contributed by atoms with E-state index in [0.717, 1.165) is 0 Å². The van der Waals surface area contributed by atoms with Crippen molar-refractivity contribution in [2.24, 2.45) is 0 Å². The van der Waals surface area contributed by atoms with Gasteiger partial charge in [-0.15, -0.1) is 0 Å². The van der Waals surface area contributed by atoms with Crippen molar-refractivity contribution in [1.29, 1.82) is 0 Å². The number of phosphoric ester groups is 1. The lowest BCUT2D eigenvalue weighted by Gasteiger charge is -2.28. The normalized spacial score (nSPS) is 14.3. The Hall–Kier alpha value is -0.300. The molecule has 7 nitrogen and oxygen atoms in total. The number of aliphatic hydroxyl groups excluding tert-OH is 2. The van der Waals surface area contributed by atoms with E-state index in [-0.39, 0.29) is 0 Å². The average Bonchev–Trinajstić information content (AvgIpc) is 1.97. The monoisotopic (exact) mass is 198 g/mol. The molecule has 0 aliphatic heterocycles. The molecule has 0 aliphatic rings. The molecule has 0 amide bonds. The number of carbonyl (C=O) groups is 1. The smallest absolute Gasteiger partial charge is 0.189 e. The molecule has 72 valence electrons. The molecular weight excluding hydrogens is 191 g/mol. The standard InChI is InChI=1S/C4H9O7P/c5-1-3(6)4(7)2-11-12(8,9)10/h3,5-6H,1-2H2,(H2,8,9,10)/p-2/t3-/m0/s1. The summed E-state index contributed by atoms with van der Waals surface area (Å²) in [6.07, 6.45) is -1.71. The zero-order valence-corrected chi connectivity index (χ0v) is 6.77. The Balaban J connectivity index is 3.80. The van der Waals surface area contributed by atoms with Crippen molar-refractivity contribution >= 4 is 13.6 Å². The summed E-state index contributed by atoms with van der Waals surface area (Å²) >= 11 is 0. The van der Waals surface area contributed by atoms with Crippen LogP contribution in [0.1, 0.15) is 0 Å². The fraction of sp³-hybridized carbons (Fsp3) is 0.750. The SMILES string of the molecule is O=C(COP(=O)([O-])[O-])[C@@H](O)CO. The van der Waals surface area contributed by atoms with Crippen LogP contribution in [0.3, 0.4) is 0 Å². The summed E-state index contributed by atoms with van der Waals surface area (Å²) in [6.45, 7) is -1.89. The highest BCUT2D eigenvalue weighted by Gasteiger charge is 2.13. The van der Waals surface area contributed by atoms with Gasteiger partial charge >= 0.3 is 0 Å². The fourth-order valence-electron chi connectivity index (χ4n) is 0.341. The van der Waals surface area contributed by atoms with Gasteiger partial charge in [0, 0.05) is 0 Å². The van der Waals surface area contributed by atoms with Crippen LogP contribution in [0, 0.1) is 0 Å². The van der Waals surface area contributed by atoms with Gasteiger partial charge < -0.3 is 29.1 Å². The Bertz CT molecular complexity index is 196. The highest BCUT2D eigenvalue weighted by Crippen LogP contribution is 2.23. The number of hydrogen-bond donors (Lipinski definition) is 2. The van der Waals surface area contributed by atoms with Crippen LogP contribution < -0.4 is 9.79 Å². The third kappa shape index (κ3) is 5.36. The second kappa shape index (κ2) is 4.66. The minimum atomic E-state index is -5.18. The first-order valence-corrected chi connectivity index (χ1v) is 4.31. The van der Waals surface area contributed by atoms with E-state index in [4.69, 9.17) is 10.2 Å². The molecule has 0 radical (unpaired) electrons. The predicted molar refractivity (Wildman–Crippen MR) is 31.7 cm³/mol. The first-order chi connectivity index (χ1) is 5.37. The van der Waals surface area contributed by atoms with Gasteiger partial charge in [0.25, 0.3) is 0 Å². The quantitative estimate of drug-likeness (QED) is 0.443. The summed E-state index contributed by atoms with van der Waals surface area (Å²) < 4.78 is 13.3. The summed E-state index contributed by atoms with van der Waals surface area (Å²) in [7, 11) is -5.18. The molecule has 8 heteroatoms. The van der Waals surface area contributed by atoms with Gasteiger partial charge in [0.05, 0.1) is 14.4 Å². The number of aliphatic hydroxyl groups is 2. The van der Waals surface area contributed by atoms with Crippen LogP contribution in [0.15, 0.2) is 0 Å². The van der Waals surface area contributed by atoms with E-state index >= 15 is 0 Å². The van der Waals surface area contributed by atoms with E-state index in [0.29, 0.717) is 0 Å². The lowest BCUT2D eigenvalue weighted by molar-refractivity contribution is -0.341. The van der Waals surface area contributed by atoms with Crippen molar-refractivity contribution in [3.05, 3.63) is 0 Å².